The zero-order chi connectivity index (χ0) is 16.4. The van der Waals surface area contributed by atoms with Crippen molar-refractivity contribution in [1.82, 2.24) is 10.0 Å². The van der Waals surface area contributed by atoms with Gasteiger partial charge in [0.2, 0.25) is 10.0 Å². The van der Waals surface area contributed by atoms with Gasteiger partial charge in [0.05, 0.1) is 22.1 Å². The molecule has 1 fully saturated rings. The minimum atomic E-state index is -4.79. The summed E-state index contributed by atoms with van der Waals surface area (Å²) in [6.07, 6.45) is -3.38. The van der Waals surface area contributed by atoms with Gasteiger partial charge in [-0.3, -0.25) is 0 Å². The molecule has 0 radical (unpaired) electrons. The second kappa shape index (κ2) is 6.24. The Morgan fingerprint density at radius 3 is 2.64 bits per heavy atom. The summed E-state index contributed by atoms with van der Waals surface area (Å²) in [5.41, 5.74) is -1.86. The Morgan fingerprint density at radius 1 is 1.36 bits per heavy atom. The van der Waals surface area contributed by atoms with E-state index in [1.807, 2.05) is 0 Å². The number of nitrogens with zero attached hydrogens (tertiary/aromatic N) is 1. The molecule has 0 bridgehead atoms. The molecule has 2 rings (SSSR count). The van der Waals surface area contributed by atoms with Crippen molar-refractivity contribution in [2.45, 2.75) is 30.0 Å². The maximum absolute atomic E-state index is 12.9. The fourth-order valence-corrected chi connectivity index (χ4v) is 3.56. The molecule has 1 atom stereocenters. The van der Waals surface area contributed by atoms with Crippen molar-refractivity contribution < 1.29 is 21.6 Å². The fourth-order valence-electron chi connectivity index (χ4n) is 2.26. The van der Waals surface area contributed by atoms with Gasteiger partial charge in [0.15, 0.2) is 0 Å². The lowest BCUT2D eigenvalue weighted by Crippen LogP contribution is -2.45. The Morgan fingerprint density at radius 2 is 2.09 bits per heavy atom. The van der Waals surface area contributed by atoms with E-state index in [0.29, 0.717) is 19.0 Å². The first-order valence-electron chi connectivity index (χ1n) is 6.58. The molecule has 5 nitrogen and oxygen atoms in total. The van der Waals surface area contributed by atoms with Crippen LogP contribution in [0.25, 0.3) is 0 Å². The smallest absolute Gasteiger partial charge is 0.315 e. The normalized spacial score (nSPS) is 19.6. The van der Waals surface area contributed by atoms with E-state index in [9.17, 15) is 21.6 Å². The standard InChI is InChI=1S/C13H14F3N3O2S/c14-13(15,16)12-6-11(4-3-9(12)7-17)22(20,21)19-10-2-1-5-18-8-10/h3-4,6,10,18-19H,1-2,5,8H2/t10-/m0/s1. The molecule has 1 aromatic rings. The number of alkyl halides is 3. The van der Waals surface area contributed by atoms with Crippen molar-refractivity contribution in [2.24, 2.45) is 0 Å². The summed E-state index contributed by atoms with van der Waals surface area (Å²) in [7, 11) is -4.07. The summed E-state index contributed by atoms with van der Waals surface area (Å²) in [4.78, 5) is -0.496. The average molecular weight is 333 g/mol. The van der Waals surface area contributed by atoms with Crippen LogP contribution in [0.15, 0.2) is 23.1 Å². The number of nitriles is 1. The van der Waals surface area contributed by atoms with Crippen LogP contribution in [0.4, 0.5) is 13.2 Å². The van der Waals surface area contributed by atoms with Crippen molar-refractivity contribution in [3.05, 3.63) is 29.3 Å². The molecule has 120 valence electrons. The number of benzene rings is 1. The predicted molar refractivity (Wildman–Crippen MR) is 72.4 cm³/mol. The molecule has 0 spiro atoms. The highest BCUT2D eigenvalue weighted by Gasteiger charge is 2.35. The van der Waals surface area contributed by atoms with Gasteiger partial charge in [0.1, 0.15) is 0 Å². The first-order chi connectivity index (χ1) is 10.2. The van der Waals surface area contributed by atoms with Crippen molar-refractivity contribution in [1.29, 1.82) is 5.26 Å². The zero-order valence-electron chi connectivity index (χ0n) is 11.4. The third kappa shape index (κ3) is 3.76. The quantitative estimate of drug-likeness (QED) is 0.880. The van der Waals surface area contributed by atoms with E-state index in [1.165, 1.54) is 6.07 Å². The lowest BCUT2D eigenvalue weighted by molar-refractivity contribution is -0.137. The summed E-state index contributed by atoms with van der Waals surface area (Å²) >= 11 is 0. The van der Waals surface area contributed by atoms with Gasteiger partial charge in [0, 0.05) is 12.6 Å². The van der Waals surface area contributed by atoms with Crippen molar-refractivity contribution in [3.8, 4) is 6.07 Å². The van der Waals surface area contributed by atoms with Crippen molar-refractivity contribution in [2.75, 3.05) is 13.1 Å². The van der Waals surface area contributed by atoms with Gasteiger partial charge in [-0.2, -0.15) is 18.4 Å². The zero-order valence-corrected chi connectivity index (χ0v) is 12.3. The van der Waals surface area contributed by atoms with E-state index < -0.39 is 32.2 Å². The highest BCUT2D eigenvalue weighted by atomic mass is 32.2. The minimum Gasteiger partial charge on any atom is -0.315 e. The van der Waals surface area contributed by atoms with Gasteiger partial charge in [-0.15, -0.1) is 0 Å². The Bertz CT molecular complexity index is 689. The SMILES string of the molecule is N#Cc1ccc(S(=O)(=O)N[C@H]2CCCNC2)cc1C(F)(F)F. The molecule has 1 aromatic carbocycles. The molecule has 0 amide bonds. The Hall–Kier alpha value is -1.63. The first-order valence-corrected chi connectivity index (χ1v) is 8.07. The van der Waals surface area contributed by atoms with Gasteiger partial charge < -0.3 is 5.32 Å². The van der Waals surface area contributed by atoms with Crippen LogP contribution in [0.1, 0.15) is 24.0 Å². The Balaban J connectivity index is 2.33. The van der Waals surface area contributed by atoms with Crippen LogP contribution in [0, 0.1) is 11.3 Å². The summed E-state index contributed by atoms with van der Waals surface area (Å²) < 4.78 is 65.4. The van der Waals surface area contributed by atoms with Crippen LogP contribution in [0.2, 0.25) is 0 Å². The van der Waals surface area contributed by atoms with Gasteiger partial charge in [-0.05, 0) is 37.6 Å². The third-order valence-corrected chi connectivity index (χ3v) is 4.86. The molecule has 1 aliphatic heterocycles. The summed E-state index contributed by atoms with van der Waals surface area (Å²) in [5, 5.41) is 11.7. The molecular formula is C13H14F3N3O2S. The van der Waals surface area contributed by atoms with Crippen LogP contribution < -0.4 is 10.0 Å². The molecule has 1 aliphatic rings. The number of piperidine rings is 1. The highest BCUT2D eigenvalue weighted by molar-refractivity contribution is 7.89. The third-order valence-electron chi connectivity index (χ3n) is 3.35. The second-order valence-corrected chi connectivity index (χ2v) is 6.70. The number of rotatable bonds is 3. The van der Waals surface area contributed by atoms with Crippen LogP contribution in [-0.4, -0.2) is 27.5 Å². The van der Waals surface area contributed by atoms with Gasteiger partial charge in [-0.25, -0.2) is 13.1 Å². The van der Waals surface area contributed by atoms with Crippen LogP contribution in [0.5, 0.6) is 0 Å². The maximum Gasteiger partial charge on any atom is 0.417 e. The van der Waals surface area contributed by atoms with Crippen LogP contribution in [-0.2, 0) is 16.2 Å². The lowest BCUT2D eigenvalue weighted by Gasteiger charge is -2.23. The molecule has 22 heavy (non-hydrogen) atoms. The van der Waals surface area contributed by atoms with Crippen LogP contribution >= 0.6 is 0 Å². The monoisotopic (exact) mass is 333 g/mol. The van der Waals surface area contributed by atoms with E-state index in [-0.39, 0.29) is 6.04 Å². The van der Waals surface area contributed by atoms with Gasteiger partial charge >= 0.3 is 6.18 Å². The van der Waals surface area contributed by atoms with E-state index in [0.717, 1.165) is 25.1 Å². The van der Waals surface area contributed by atoms with E-state index in [1.54, 1.807) is 0 Å². The fraction of sp³-hybridized carbons (Fsp3) is 0.462. The second-order valence-electron chi connectivity index (χ2n) is 4.98. The highest BCUT2D eigenvalue weighted by Crippen LogP contribution is 2.33. The maximum atomic E-state index is 12.9. The number of hydrogen-bond donors (Lipinski definition) is 2. The first kappa shape index (κ1) is 16.7. The summed E-state index contributed by atoms with van der Waals surface area (Å²) in [6.45, 7) is 1.22. The molecule has 2 N–H and O–H groups in total. The molecule has 0 aliphatic carbocycles. The number of halogens is 3. The Labute approximate surface area is 126 Å². The lowest BCUT2D eigenvalue weighted by atomic mass is 10.1. The molecule has 0 aromatic heterocycles. The van der Waals surface area contributed by atoms with Crippen molar-refractivity contribution in [3.63, 3.8) is 0 Å². The molecule has 0 saturated carbocycles. The van der Waals surface area contributed by atoms with E-state index in [4.69, 9.17) is 5.26 Å². The number of nitrogens with one attached hydrogen (secondary N) is 2. The molecule has 9 heteroatoms. The van der Waals surface area contributed by atoms with E-state index in [2.05, 4.69) is 10.0 Å². The average Bonchev–Trinajstić information content (AvgIpc) is 2.46. The number of sulfonamides is 1. The molecule has 1 heterocycles. The Kier molecular flexibility index (Phi) is 4.75. The molecular weight excluding hydrogens is 319 g/mol. The van der Waals surface area contributed by atoms with E-state index >= 15 is 0 Å². The number of hydrogen-bond acceptors (Lipinski definition) is 4. The van der Waals surface area contributed by atoms with Gasteiger partial charge in [-0.1, -0.05) is 0 Å². The van der Waals surface area contributed by atoms with Crippen molar-refractivity contribution >= 4 is 10.0 Å². The largest absolute Gasteiger partial charge is 0.417 e. The molecule has 1 saturated heterocycles. The molecule has 0 unspecified atom stereocenters. The predicted octanol–water partition coefficient (Wildman–Crippen LogP) is 1.61. The van der Waals surface area contributed by atoms with Gasteiger partial charge in [0.25, 0.3) is 0 Å². The topological polar surface area (TPSA) is 82.0 Å². The summed E-state index contributed by atoms with van der Waals surface area (Å²) in [5.74, 6) is 0. The van der Waals surface area contributed by atoms with Crippen LogP contribution in [0.3, 0.4) is 0 Å². The minimum absolute atomic E-state index is 0.358. The summed E-state index contributed by atoms with van der Waals surface area (Å²) in [6, 6.07) is 3.43.